The van der Waals surface area contributed by atoms with Gasteiger partial charge in [-0.2, -0.15) is 0 Å². The van der Waals surface area contributed by atoms with Crippen LogP contribution >= 0.6 is 0 Å². The molecule has 0 atom stereocenters. The molecule has 0 N–H and O–H groups in total. The van der Waals surface area contributed by atoms with E-state index in [4.69, 9.17) is 23.5 Å². The first-order valence-electron chi connectivity index (χ1n) is 23.3. The van der Waals surface area contributed by atoms with Crippen LogP contribution in [-0.4, -0.2) is 24.1 Å². The molecule has 0 aliphatic rings. The quantitative estimate of drug-likeness (QED) is 0.176. The van der Waals surface area contributed by atoms with Crippen molar-refractivity contribution in [3.8, 4) is 45.5 Å². The zero-order valence-electron chi connectivity index (χ0n) is 39.8. The van der Waals surface area contributed by atoms with Crippen molar-refractivity contribution in [2.45, 2.75) is 6.92 Å². The lowest BCUT2D eigenvalue weighted by molar-refractivity contribution is 0.668. The summed E-state index contributed by atoms with van der Waals surface area (Å²) in [5, 5.41) is 2.10. The van der Waals surface area contributed by atoms with Crippen molar-refractivity contribution in [3.63, 3.8) is 0 Å². The summed E-state index contributed by atoms with van der Waals surface area (Å²) in [5.41, 5.74) is 5.57. The molecule has 12 rings (SSSR count). The van der Waals surface area contributed by atoms with Gasteiger partial charge in [0, 0.05) is 60.8 Å². The lowest BCUT2D eigenvalue weighted by Crippen LogP contribution is -2.00. The predicted octanol–water partition coefficient (Wildman–Crippen LogP) is 13.3. The first-order valence-corrected chi connectivity index (χ1v) is 18.8. The third kappa shape index (κ3) is 4.95. The van der Waals surface area contributed by atoms with Crippen molar-refractivity contribution >= 4 is 65.6 Å². The molecule has 0 unspecified atom stereocenters. The lowest BCUT2D eigenvalue weighted by atomic mass is 10.1. The minimum atomic E-state index is -0.490. The molecule has 58 heavy (non-hydrogen) atoms. The van der Waals surface area contributed by atoms with Gasteiger partial charge in [0.2, 0.25) is 0 Å². The average Bonchev–Trinajstić information content (AvgIpc) is 4.04. The van der Waals surface area contributed by atoms with Crippen LogP contribution in [0.1, 0.15) is 17.9 Å². The zero-order chi connectivity index (χ0) is 46.2. The largest absolute Gasteiger partial charge is 0.456 e. The highest BCUT2D eigenvalue weighted by atomic mass is 16.3. The molecule has 0 radical (unpaired) electrons. The molecule has 6 heteroatoms. The van der Waals surface area contributed by atoms with Gasteiger partial charge < -0.3 is 13.6 Å². The normalized spacial score (nSPS) is 14.1. The Kier molecular flexibility index (Phi) is 5.35. The Morgan fingerprint density at radius 3 is 1.76 bits per heavy atom. The number of rotatable bonds is 5. The molecule has 0 spiro atoms. The topological polar surface area (TPSA) is 61.7 Å². The van der Waals surface area contributed by atoms with Crippen LogP contribution < -0.4 is 0 Å². The summed E-state index contributed by atoms with van der Waals surface area (Å²) >= 11 is 0. The summed E-state index contributed by atoms with van der Waals surface area (Å²) in [6, 6.07) is 37.1. The van der Waals surface area contributed by atoms with E-state index >= 15 is 0 Å². The van der Waals surface area contributed by atoms with Crippen molar-refractivity contribution in [3.05, 3.63) is 187 Å². The van der Waals surface area contributed by atoms with Gasteiger partial charge in [-0.25, -0.2) is 15.0 Å². The standard InChI is InChI=1S/C52H33N5O/c1-32-21-27-45-42(29-32)41-26-25-40-38-19-11-12-20-44(38)57(48(40)49(41)56(45)36-17-9-4-10-18-36)37-23-24-39-43-30-35(22-28-46(43)58-47(39)31-37)52-54-50(33-13-5-2-6-14-33)53-51(55-52)34-15-7-3-8-16-34/h2-31H,1H3/i11D,12D,19D,20D,21D,25D,26D,27D,29D. The summed E-state index contributed by atoms with van der Waals surface area (Å²) in [6.45, 7) is 1.60. The van der Waals surface area contributed by atoms with Crippen LogP contribution in [0, 0.1) is 6.92 Å². The van der Waals surface area contributed by atoms with Crippen LogP contribution in [0.4, 0.5) is 0 Å². The predicted molar refractivity (Wildman–Crippen MR) is 237 cm³/mol. The Labute approximate surface area is 345 Å². The van der Waals surface area contributed by atoms with Gasteiger partial charge in [-0.3, -0.25) is 0 Å². The second-order valence-corrected chi connectivity index (χ2v) is 14.2. The number of benzene rings is 8. The second-order valence-electron chi connectivity index (χ2n) is 14.2. The Morgan fingerprint density at radius 1 is 0.448 bits per heavy atom. The minimum absolute atomic E-state index is 0.0530. The van der Waals surface area contributed by atoms with Gasteiger partial charge in [0.1, 0.15) is 11.2 Å². The van der Waals surface area contributed by atoms with E-state index in [-0.39, 0.29) is 86.0 Å². The van der Waals surface area contributed by atoms with Crippen molar-refractivity contribution in [2.75, 3.05) is 0 Å². The van der Waals surface area contributed by atoms with Gasteiger partial charge in [-0.15, -0.1) is 0 Å². The molecular weight excluding hydrogens is 711 g/mol. The first-order chi connectivity index (χ1) is 32.4. The number of aromatic nitrogens is 5. The maximum absolute atomic E-state index is 9.61. The molecule has 12 aromatic rings. The Bertz CT molecular complexity index is 4040. The van der Waals surface area contributed by atoms with Crippen molar-refractivity contribution in [1.29, 1.82) is 0 Å². The van der Waals surface area contributed by atoms with Gasteiger partial charge in [0.25, 0.3) is 0 Å². The fraction of sp³-hybridized carbons (Fsp3) is 0.0192. The lowest BCUT2D eigenvalue weighted by Gasteiger charge is -2.12. The molecule has 8 aromatic carbocycles. The van der Waals surface area contributed by atoms with Crippen LogP contribution in [0.2, 0.25) is 0 Å². The molecule has 272 valence electrons. The molecule has 0 saturated carbocycles. The van der Waals surface area contributed by atoms with Gasteiger partial charge in [0.15, 0.2) is 17.5 Å². The molecule has 4 aromatic heterocycles. The fourth-order valence-electron chi connectivity index (χ4n) is 8.07. The highest BCUT2D eigenvalue weighted by Crippen LogP contribution is 2.43. The molecule has 0 amide bonds. The summed E-state index contributed by atoms with van der Waals surface area (Å²) < 4.78 is 92.9. The summed E-state index contributed by atoms with van der Waals surface area (Å²) in [6.07, 6.45) is 0. The number of nitrogens with zero attached hydrogens (tertiary/aromatic N) is 5. The molecule has 0 fully saturated rings. The second kappa shape index (κ2) is 12.6. The van der Waals surface area contributed by atoms with E-state index in [0.29, 0.717) is 45.5 Å². The Balaban J connectivity index is 1.16. The van der Waals surface area contributed by atoms with Crippen molar-refractivity contribution in [1.82, 2.24) is 24.1 Å². The highest BCUT2D eigenvalue weighted by Gasteiger charge is 2.22. The molecule has 0 aliphatic carbocycles. The SMILES string of the molecule is [2H]c1c([2H])c([2H])c2c(c1[2H])c1c([2H])c([2H])c3c4c([2H])c(C)c([2H])c([2H])c4n(-c4ccccc4)c3c1n2-c1ccc2c(c1)oc1ccc(-c3nc(-c4ccccc4)nc(-c4ccccc4)n3)cc12. The van der Waals surface area contributed by atoms with Crippen LogP contribution in [-0.2, 0) is 0 Å². The van der Waals surface area contributed by atoms with Gasteiger partial charge in [-0.1, -0.05) is 121 Å². The summed E-state index contributed by atoms with van der Waals surface area (Å²) in [4.78, 5) is 14.7. The average molecular weight is 753 g/mol. The molecule has 0 bridgehead atoms. The van der Waals surface area contributed by atoms with E-state index in [9.17, 15) is 8.22 Å². The third-order valence-electron chi connectivity index (χ3n) is 10.7. The number of para-hydroxylation sites is 2. The smallest absolute Gasteiger partial charge is 0.164 e. The Morgan fingerprint density at radius 2 is 1.05 bits per heavy atom. The van der Waals surface area contributed by atoms with E-state index in [0.717, 1.165) is 27.5 Å². The number of hydrogen-bond donors (Lipinski definition) is 0. The van der Waals surface area contributed by atoms with E-state index in [1.54, 1.807) is 22.1 Å². The maximum Gasteiger partial charge on any atom is 0.164 e. The van der Waals surface area contributed by atoms with E-state index in [1.807, 2.05) is 121 Å². The number of fused-ring (bicyclic) bond motifs is 10. The van der Waals surface area contributed by atoms with E-state index in [2.05, 4.69) is 0 Å². The van der Waals surface area contributed by atoms with Gasteiger partial charge >= 0.3 is 0 Å². The minimum Gasteiger partial charge on any atom is -0.456 e. The molecular formula is C52H33N5O. The van der Waals surface area contributed by atoms with E-state index < -0.39 is 12.1 Å². The van der Waals surface area contributed by atoms with Crippen molar-refractivity contribution < 1.29 is 16.8 Å². The van der Waals surface area contributed by atoms with Crippen LogP contribution in [0.15, 0.2) is 186 Å². The third-order valence-corrected chi connectivity index (χ3v) is 10.7. The monoisotopic (exact) mass is 752 g/mol. The molecule has 0 aliphatic heterocycles. The molecule has 0 saturated heterocycles. The van der Waals surface area contributed by atoms with Crippen LogP contribution in [0.5, 0.6) is 0 Å². The highest BCUT2D eigenvalue weighted by molar-refractivity contribution is 6.24. The number of hydrogen-bond acceptors (Lipinski definition) is 4. The van der Waals surface area contributed by atoms with Gasteiger partial charge in [-0.05, 0) is 67.5 Å². The summed E-state index contributed by atoms with van der Waals surface area (Å²) in [5.74, 6) is 1.52. The zero-order valence-corrected chi connectivity index (χ0v) is 30.8. The Hall–Kier alpha value is -7.83. The first kappa shape index (κ1) is 24.6. The molecule has 6 nitrogen and oxygen atoms in total. The van der Waals surface area contributed by atoms with Crippen molar-refractivity contribution in [2.24, 2.45) is 0 Å². The number of furan rings is 1. The van der Waals surface area contributed by atoms with Crippen LogP contribution in [0.3, 0.4) is 0 Å². The van der Waals surface area contributed by atoms with Gasteiger partial charge in [0.05, 0.1) is 40.1 Å². The summed E-state index contributed by atoms with van der Waals surface area (Å²) in [7, 11) is 0. The van der Waals surface area contributed by atoms with Crippen LogP contribution in [0.25, 0.3) is 111 Å². The fourth-order valence-corrected chi connectivity index (χ4v) is 8.07. The molecule has 4 heterocycles. The maximum atomic E-state index is 9.61. The van der Waals surface area contributed by atoms with E-state index in [1.165, 1.54) is 0 Å².